The third-order valence-electron chi connectivity index (χ3n) is 4.22. The summed E-state index contributed by atoms with van der Waals surface area (Å²) in [6, 6.07) is 0. The third kappa shape index (κ3) is 4.70. The number of rotatable bonds is 6. The topological polar surface area (TPSA) is 61.8 Å². The van der Waals surface area contributed by atoms with Crippen LogP contribution in [0.2, 0.25) is 0 Å². The number of methoxy groups -OCH3 is 1. The van der Waals surface area contributed by atoms with Crippen LogP contribution >= 0.6 is 0 Å². The van der Waals surface area contributed by atoms with Crippen molar-refractivity contribution in [2.45, 2.75) is 66.1 Å². The monoisotopic (exact) mass is 300 g/mol. The molecule has 122 valence electrons. The molecular formula is C16H28O5. The summed E-state index contributed by atoms with van der Waals surface area (Å²) in [5.74, 6) is -0.613. The van der Waals surface area contributed by atoms with Gasteiger partial charge in [0, 0.05) is 6.42 Å². The van der Waals surface area contributed by atoms with Crippen molar-refractivity contribution in [3.63, 3.8) is 0 Å². The molecule has 0 N–H and O–H groups in total. The Kier molecular flexibility index (Phi) is 6.20. The number of hydrogen-bond acceptors (Lipinski definition) is 5. The Balaban J connectivity index is 2.73. The summed E-state index contributed by atoms with van der Waals surface area (Å²) in [4.78, 5) is 24.3. The quantitative estimate of drug-likeness (QED) is 0.705. The predicted molar refractivity (Wildman–Crippen MR) is 78.5 cm³/mol. The molecule has 1 aliphatic rings. The first-order valence-electron chi connectivity index (χ1n) is 7.66. The molecule has 0 radical (unpaired) electrons. The summed E-state index contributed by atoms with van der Waals surface area (Å²) in [6.45, 7) is 7.97. The SMILES string of the molecule is CCC(C)(CC(C)(C)C(=O)OC)C(=O)OC1CCCCO1. The van der Waals surface area contributed by atoms with E-state index in [0.29, 0.717) is 19.4 Å². The van der Waals surface area contributed by atoms with Crippen LogP contribution in [0.15, 0.2) is 0 Å². The average Bonchev–Trinajstić information content (AvgIpc) is 2.46. The normalized spacial score (nSPS) is 22.2. The second-order valence-corrected chi connectivity index (χ2v) is 6.67. The highest BCUT2D eigenvalue weighted by molar-refractivity contribution is 5.80. The minimum Gasteiger partial charge on any atom is -0.469 e. The van der Waals surface area contributed by atoms with Crippen LogP contribution in [-0.4, -0.2) is 31.9 Å². The van der Waals surface area contributed by atoms with Gasteiger partial charge >= 0.3 is 11.9 Å². The zero-order valence-corrected chi connectivity index (χ0v) is 13.9. The Morgan fingerprint density at radius 1 is 1.19 bits per heavy atom. The van der Waals surface area contributed by atoms with Crippen LogP contribution in [0, 0.1) is 10.8 Å². The Morgan fingerprint density at radius 3 is 2.33 bits per heavy atom. The molecule has 1 heterocycles. The molecule has 0 amide bonds. The van der Waals surface area contributed by atoms with Gasteiger partial charge in [0.25, 0.3) is 0 Å². The number of hydrogen-bond donors (Lipinski definition) is 0. The van der Waals surface area contributed by atoms with Gasteiger partial charge in [-0.15, -0.1) is 0 Å². The van der Waals surface area contributed by atoms with Crippen LogP contribution in [0.25, 0.3) is 0 Å². The zero-order chi connectivity index (χ0) is 16.1. The molecule has 0 bridgehead atoms. The van der Waals surface area contributed by atoms with E-state index in [9.17, 15) is 9.59 Å². The van der Waals surface area contributed by atoms with Gasteiger partial charge in [-0.3, -0.25) is 9.59 Å². The molecule has 0 spiro atoms. The van der Waals surface area contributed by atoms with Crippen molar-refractivity contribution in [3.8, 4) is 0 Å². The predicted octanol–water partition coefficient (Wildman–Crippen LogP) is 3.06. The highest BCUT2D eigenvalue weighted by Crippen LogP contribution is 2.39. The summed E-state index contributed by atoms with van der Waals surface area (Å²) >= 11 is 0. The van der Waals surface area contributed by atoms with Crippen molar-refractivity contribution < 1.29 is 23.8 Å². The first kappa shape index (κ1) is 18.0. The van der Waals surface area contributed by atoms with E-state index in [1.165, 1.54) is 7.11 Å². The zero-order valence-electron chi connectivity index (χ0n) is 13.9. The Morgan fingerprint density at radius 2 is 1.86 bits per heavy atom. The Bertz CT molecular complexity index is 371. The largest absolute Gasteiger partial charge is 0.469 e. The maximum Gasteiger partial charge on any atom is 0.314 e. The number of carbonyl (C=O) groups is 2. The number of carbonyl (C=O) groups excluding carboxylic acids is 2. The van der Waals surface area contributed by atoms with E-state index in [-0.39, 0.29) is 11.9 Å². The average molecular weight is 300 g/mol. The van der Waals surface area contributed by atoms with Gasteiger partial charge in [0.05, 0.1) is 24.5 Å². The highest BCUT2D eigenvalue weighted by Gasteiger charge is 2.43. The van der Waals surface area contributed by atoms with Gasteiger partial charge in [0.1, 0.15) is 0 Å². The maximum absolute atomic E-state index is 12.5. The van der Waals surface area contributed by atoms with E-state index in [2.05, 4.69) is 0 Å². The molecule has 2 unspecified atom stereocenters. The molecule has 0 aromatic carbocycles. The summed E-state index contributed by atoms with van der Waals surface area (Å²) < 4.78 is 15.8. The third-order valence-corrected chi connectivity index (χ3v) is 4.22. The summed E-state index contributed by atoms with van der Waals surface area (Å²) in [6.07, 6.45) is 3.29. The minimum absolute atomic E-state index is 0.297. The molecule has 21 heavy (non-hydrogen) atoms. The fourth-order valence-electron chi connectivity index (χ4n) is 2.73. The van der Waals surface area contributed by atoms with Crippen LogP contribution < -0.4 is 0 Å². The van der Waals surface area contributed by atoms with E-state index in [1.54, 1.807) is 13.8 Å². The van der Waals surface area contributed by atoms with Gasteiger partial charge in [0.2, 0.25) is 6.29 Å². The fraction of sp³-hybridized carbons (Fsp3) is 0.875. The molecule has 1 fully saturated rings. The Labute approximate surface area is 127 Å². The van der Waals surface area contributed by atoms with E-state index in [1.807, 2.05) is 13.8 Å². The van der Waals surface area contributed by atoms with Gasteiger partial charge < -0.3 is 14.2 Å². The van der Waals surface area contributed by atoms with E-state index in [0.717, 1.165) is 19.3 Å². The molecular weight excluding hydrogens is 272 g/mol. The number of esters is 2. The highest BCUT2D eigenvalue weighted by atomic mass is 16.7. The van der Waals surface area contributed by atoms with Crippen LogP contribution in [0.4, 0.5) is 0 Å². The van der Waals surface area contributed by atoms with Crippen LogP contribution in [0.1, 0.15) is 59.8 Å². The maximum atomic E-state index is 12.5. The lowest BCUT2D eigenvalue weighted by Gasteiger charge is -2.35. The molecule has 1 rings (SSSR count). The first-order valence-corrected chi connectivity index (χ1v) is 7.66. The second kappa shape index (κ2) is 7.25. The van der Waals surface area contributed by atoms with Crippen molar-refractivity contribution in [3.05, 3.63) is 0 Å². The molecule has 1 saturated heterocycles. The molecule has 0 aromatic rings. The van der Waals surface area contributed by atoms with Crippen LogP contribution in [0.3, 0.4) is 0 Å². The standard InChI is InChI=1S/C16H28O5/c1-6-16(4,11-15(2,3)13(17)19-5)14(18)21-12-9-7-8-10-20-12/h12H,6-11H2,1-5H3. The van der Waals surface area contributed by atoms with Gasteiger partial charge in [-0.05, 0) is 46.5 Å². The van der Waals surface area contributed by atoms with Crippen LogP contribution in [0.5, 0.6) is 0 Å². The number of ether oxygens (including phenoxy) is 3. The van der Waals surface area contributed by atoms with E-state index in [4.69, 9.17) is 14.2 Å². The van der Waals surface area contributed by atoms with Gasteiger partial charge in [-0.25, -0.2) is 0 Å². The van der Waals surface area contributed by atoms with E-state index < -0.39 is 17.1 Å². The molecule has 1 aliphatic heterocycles. The van der Waals surface area contributed by atoms with Crippen LogP contribution in [-0.2, 0) is 23.8 Å². The molecule has 0 saturated carbocycles. The summed E-state index contributed by atoms with van der Waals surface area (Å²) in [5, 5.41) is 0. The van der Waals surface area contributed by atoms with Crippen molar-refractivity contribution in [2.24, 2.45) is 10.8 Å². The van der Waals surface area contributed by atoms with E-state index >= 15 is 0 Å². The first-order chi connectivity index (χ1) is 9.75. The molecule has 5 heteroatoms. The van der Waals surface area contributed by atoms with Crippen molar-refractivity contribution >= 4 is 11.9 Å². The van der Waals surface area contributed by atoms with Gasteiger partial charge in [0.15, 0.2) is 0 Å². The molecule has 5 nitrogen and oxygen atoms in total. The van der Waals surface area contributed by atoms with Gasteiger partial charge in [-0.2, -0.15) is 0 Å². The lowest BCUT2D eigenvalue weighted by molar-refractivity contribution is -0.198. The lowest BCUT2D eigenvalue weighted by Crippen LogP contribution is -2.40. The molecule has 0 aromatic heterocycles. The molecule has 0 aliphatic carbocycles. The Hall–Kier alpha value is -1.10. The smallest absolute Gasteiger partial charge is 0.314 e. The van der Waals surface area contributed by atoms with Gasteiger partial charge in [-0.1, -0.05) is 6.92 Å². The second-order valence-electron chi connectivity index (χ2n) is 6.67. The molecule has 2 atom stereocenters. The van der Waals surface area contributed by atoms with Crippen molar-refractivity contribution in [2.75, 3.05) is 13.7 Å². The summed E-state index contributed by atoms with van der Waals surface area (Å²) in [5.41, 5.74) is -1.45. The minimum atomic E-state index is -0.730. The van der Waals surface area contributed by atoms with Crippen molar-refractivity contribution in [1.29, 1.82) is 0 Å². The van der Waals surface area contributed by atoms with Crippen molar-refractivity contribution in [1.82, 2.24) is 0 Å². The fourth-order valence-corrected chi connectivity index (χ4v) is 2.73. The lowest BCUT2D eigenvalue weighted by atomic mass is 9.72. The summed E-state index contributed by atoms with van der Waals surface area (Å²) in [7, 11) is 1.36.